The van der Waals surface area contributed by atoms with Crippen molar-refractivity contribution >= 4 is 41.0 Å². The monoisotopic (exact) mass is 385 g/mol. The predicted molar refractivity (Wildman–Crippen MR) is 78.7 cm³/mol. The van der Waals surface area contributed by atoms with E-state index in [4.69, 9.17) is 28.3 Å². The van der Waals surface area contributed by atoms with E-state index in [2.05, 4.69) is 0 Å². The van der Waals surface area contributed by atoms with Gasteiger partial charge in [-0.05, 0) is 12.1 Å². The van der Waals surface area contributed by atoms with Crippen LogP contribution in [0, 0.1) is 11.8 Å². The van der Waals surface area contributed by atoms with Crippen LogP contribution in [-0.4, -0.2) is 36.4 Å². The number of quaternary nitrogens is 1. The van der Waals surface area contributed by atoms with Gasteiger partial charge >= 0.3 is 12.1 Å². The molecule has 1 aromatic rings. The summed E-state index contributed by atoms with van der Waals surface area (Å²) in [7, 11) is 0. The van der Waals surface area contributed by atoms with E-state index in [1.54, 1.807) is 0 Å². The molecule has 0 aliphatic carbocycles. The van der Waals surface area contributed by atoms with Gasteiger partial charge in [0.05, 0.1) is 12.5 Å². The zero-order valence-corrected chi connectivity index (χ0v) is 13.5. The fourth-order valence-electron chi connectivity index (χ4n) is 3.07. The molecule has 1 N–H and O–H groups in total. The summed E-state index contributed by atoms with van der Waals surface area (Å²) in [4.78, 5) is 23.0. The third-order valence-electron chi connectivity index (χ3n) is 4.27. The standard InChI is InChI=1S/C14H12Cl2F3NO4/c15-7-1-2-11(10(16)5-7)20(13(23)24)4-3-9(14(17,18)19)8(6-20)12(21)22/h1-2,5,8-9H,3-4,6H2,(H-,21,22,23,24). The second kappa shape index (κ2) is 6.42. The molecule has 1 saturated heterocycles. The first-order chi connectivity index (χ1) is 11.0. The lowest BCUT2D eigenvalue weighted by Gasteiger charge is -2.45. The zero-order valence-electron chi connectivity index (χ0n) is 12.0. The van der Waals surface area contributed by atoms with E-state index < -0.39 is 54.1 Å². The maximum Gasteiger partial charge on any atom is 0.393 e. The van der Waals surface area contributed by atoms with Crippen LogP contribution in [0.1, 0.15) is 6.42 Å². The first kappa shape index (κ1) is 18.8. The Kier molecular flexibility index (Phi) is 5.03. The van der Waals surface area contributed by atoms with Crippen molar-refractivity contribution in [1.82, 2.24) is 4.48 Å². The molecule has 2 rings (SSSR count). The lowest BCUT2D eigenvalue weighted by atomic mass is 9.83. The molecule has 0 spiro atoms. The molecule has 0 saturated carbocycles. The Morgan fingerprint density at radius 1 is 1.29 bits per heavy atom. The number of rotatable bonds is 2. The predicted octanol–water partition coefficient (Wildman–Crippen LogP) is 2.93. The highest BCUT2D eigenvalue weighted by Crippen LogP contribution is 2.44. The van der Waals surface area contributed by atoms with Crippen molar-refractivity contribution < 1.29 is 33.0 Å². The quantitative estimate of drug-likeness (QED) is 0.793. The number of alkyl halides is 3. The second-order valence-corrected chi connectivity index (χ2v) is 6.46. The van der Waals surface area contributed by atoms with E-state index in [9.17, 15) is 27.9 Å². The minimum Gasteiger partial charge on any atom is -0.498 e. The summed E-state index contributed by atoms with van der Waals surface area (Å²) in [6.07, 6.45) is -7.13. The molecule has 24 heavy (non-hydrogen) atoms. The third kappa shape index (κ3) is 3.31. The molecule has 0 bridgehead atoms. The molecule has 1 heterocycles. The highest BCUT2D eigenvalue weighted by Gasteiger charge is 2.56. The summed E-state index contributed by atoms with van der Waals surface area (Å²) < 4.78 is 38.1. The molecular weight excluding hydrogens is 374 g/mol. The highest BCUT2D eigenvalue weighted by molar-refractivity contribution is 6.36. The number of benzene rings is 1. The number of nitrogens with zero attached hydrogens (tertiary/aromatic N) is 1. The molecule has 1 amide bonds. The van der Waals surface area contributed by atoms with Gasteiger partial charge < -0.3 is 15.0 Å². The Morgan fingerprint density at radius 2 is 1.92 bits per heavy atom. The Morgan fingerprint density at radius 3 is 2.38 bits per heavy atom. The number of piperidine rings is 1. The van der Waals surface area contributed by atoms with Crippen LogP contribution in [0.5, 0.6) is 0 Å². The molecule has 1 aliphatic heterocycles. The second-order valence-electron chi connectivity index (χ2n) is 5.62. The summed E-state index contributed by atoms with van der Waals surface area (Å²) >= 11 is 11.7. The number of aliphatic carboxylic acids is 1. The average molecular weight is 386 g/mol. The first-order valence-corrected chi connectivity index (χ1v) is 7.58. The Balaban J connectivity index is 2.52. The summed E-state index contributed by atoms with van der Waals surface area (Å²) in [5, 5.41) is 21.0. The van der Waals surface area contributed by atoms with E-state index in [0.29, 0.717) is 0 Å². The number of hydrogen-bond acceptors (Lipinski definition) is 3. The number of carbonyl (C=O) groups is 2. The maximum atomic E-state index is 13.1. The summed E-state index contributed by atoms with van der Waals surface area (Å²) in [6, 6.07) is 3.83. The Labute approximate surface area is 144 Å². The van der Waals surface area contributed by atoms with E-state index in [-0.39, 0.29) is 15.7 Å². The van der Waals surface area contributed by atoms with Gasteiger partial charge in [-0.1, -0.05) is 23.2 Å². The van der Waals surface area contributed by atoms with Gasteiger partial charge in [0.25, 0.3) is 6.09 Å². The van der Waals surface area contributed by atoms with Gasteiger partial charge in [0.2, 0.25) is 0 Å². The van der Waals surface area contributed by atoms with Crippen LogP contribution < -0.4 is 9.59 Å². The zero-order chi connectivity index (χ0) is 18.3. The van der Waals surface area contributed by atoms with Crippen molar-refractivity contribution in [2.75, 3.05) is 13.1 Å². The number of halogens is 5. The van der Waals surface area contributed by atoms with E-state index in [1.807, 2.05) is 0 Å². The normalized spacial score (nSPS) is 27.7. The fourth-order valence-corrected chi connectivity index (χ4v) is 3.64. The van der Waals surface area contributed by atoms with Gasteiger partial charge in [-0.2, -0.15) is 13.2 Å². The number of carbonyl (C=O) groups excluding carboxylic acids is 1. The SMILES string of the molecule is O=C(O)C1C[N+](C(=O)[O-])(c2ccc(Cl)cc2Cl)CCC1C(F)(F)F. The summed E-state index contributed by atoms with van der Waals surface area (Å²) in [5.41, 5.74) is -0.0482. The lowest BCUT2D eigenvalue weighted by molar-refractivity contribution is -0.269. The van der Waals surface area contributed by atoms with E-state index in [0.717, 1.165) is 0 Å². The van der Waals surface area contributed by atoms with Crippen molar-refractivity contribution in [2.24, 2.45) is 11.8 Å². The lowest BCUT2D eigenvalue weighted by Crippen LogP contribution is -2.67. The third-order valence-corrected chi connectivity index (χ3v) is 4.81. The minimum absolute atomic E-state index is 0.0482. The van der Waals surface area contributed by atoms with Crippen LogP contribution in [0.3, 0.4) is 0 Å². The number of carboxylic acid groups (broad SMARTS) is 2. The molecule has 1 fully saturated rings. The smallest absolute Gasteiger partial charge is 0.393 e. The van der Waals surface area contributed by atoms with E-state index >= 15 is 0 Å². The highest BCUT2D eigenvalue weighted by atomic mass is 35.5. The number of likely N-dealkylation sites (tertiary alicyclic amines) is 1. The van der Waals surface area contributed by atoms with Gasteiger partial charge in [0.15, 0.2) is 5.69 Å². The first-order valence-electron chi connectivity index (χ1n) is 6.83. The van der Waals surface area contributed by atoms with Crippen molar-refractivity contribution in [2.45, 2.75) is 12.6 Å². The maximum absolute atomic E-state index is 13.1. The van der Waals surface area contributed by atoms with Crippen LogP contribution in [0.15, 0.2) is 18.2 Å². The molecule has 10 heteroatoms. The van der Waals surface area contributed by atoms with Crippen molar-refractivity contribution in [3.05, 3.63) is 28.2 Å². The van der Waals surface area contributed by atoms with Crippen LogP contribution >= 0.6 is 23.2 Å². The topological polar surface area (TPSA) is 77.4 Å². The molecule has 5 nitrogen and oxygen atoms in total. The molecule has 1 aromatic carbocycles. The molecule has 132 valence electrons. The summed E-state index contributed by atoms with van der Waals surface area (Å²) in [6.45, 7) is -1.30. The molecular formula is C14H12Cl2F3NO4. The molecule has 0 aromatic heterocycles. The summed E-state index contributed by atoms with van der Waals surface area (Å²) in [5.74, 6) is -5.78. The largest absolute Gasteiger partial charge is 0.498 e. The van der Waals surface area contributed by atoms with Crippen LogP contribution in [0.25, 0.3) is 0 Å². The fraction of sp³-hybridized carbons (Fsp3) is 0.429. The number of carboxylic acids is 1. The van der Waals surface area contributed by atoms with Gasteiger partial charge in [0.1, 0.15) is 17.5 Å². The minimum atomic E-state index is -4.74. The van der Waals surface area contributed by atoms with Crippen LogP contribution in [0.4, 0.5) is 23.7 Å². The number of amides is 1. The number of hydrogen-bond donors (Lipinski definition) is 1. The van der Waals surface area contributed by atoms with Crippen molar-refractivity contribution in [3.8, 4) is 0 Å². The Bertz CT molecular complexity index is 682. The molecule has 3 unspecified atom stereocenters. The Hall–Kier alpha value is -1.51. The van der Waals surface area contributed by atoms with Crippen LogP contribution in [-0.2, 0) is 4.79 Å². The average Bonchev–Trinajstić information content (AvgIpc) is 2.45. The van der Waals surface area contributed by atoms with Crippen molar-refractivity contribution in [3.63, 3.8) is 0 Å². The van der Waals surface area contributed by atoms with Gasteiger partial charge in [-0.25, -0.2) is 4.48 Å². The molecule has 0 radical (unpaired) electrons. The van der Waals surface area contributed by atoms with Gasteiger partial charge in [0, 0.05) is 17.5 Å². The van der Waals surface area contributed by atoms with Gasteiger partial charge in [-0.3, -0.25) is 4.79 Å². The van der Waals surface area contributed by atoms with Crippen LogP contribution in [0.2, 0.25) is 10.0 Å². The van der Waals surface area contributed by atoms with E-state index in [1.165, 1.54) is 18.2 Å². The van der Waals surface area contributed by atoms with Crippen molar-refractivity contribution in [1.29, 1.82) is 0 Å². The van der Waals surface area contributed by atoms with Gasteiger partial charge in [-0.15, -0.1) is 0 Å². The molecule has 1 aliphatic rings. The molecule has 3 atom stereocenters.